The summed E-state index contributed by atoms with van der Waals surface area (Å²) in [7, 11) is 0. The van der Waals surface area contributed by atoms with Gasteiger partial charge in [0, 0.05) is 31.1 Å². The van der Waals surface area contributed by atoms with Gasteiger partial charge in [-0.05, 0) is 62.9 Å². The number of esters is 1. The predicted octanol–water partition coefficient (Wildman–Crippen LogP) is 4.14. The van der Waals surface area contributed by atoms with Crippen molar-refractivity contribution >= 4 is 29.5 Å². The van der Waals surface area contributed by atoms with Crippen molar-refractivity contribution in [2.24, 2.45) is 0 Å². The minimum Gasteiger partial charge on any atom is -0.488 e. The smallest absolute Gasteiger partial charge is 0.308 e. The lowest BCUT2D eigenvalue weighted by atomic mass is 9.94. The SMILES string of the molecule is CC(=O)Oc1c(C)c(C)c2c(c1C)C=C(C(=O)Nc1ccccc1C(=O)NOC1CCCCO1)CO2. The molecular weight excluding hydrogens is 464 g/mol. The number of amides is 2. The Hall–Kier alpha value is -3.69. The van der Waals surface area contributed by atoms with Gasteiger partial charge in [-0.3, -0.25) is 14.4 Å². The van der Waals surface area contributed by atoms with Gasteiger partial charge in [-0.1, -0.05) is 12.1 Å². The van der Waals surface area contributed by atoms with Crippen LogP contribution in [-0.2, 0) is 19.2 Å². The van der Waals surface area contributed by atoms with Gasteiger partial charge in [-0.15, -0.1) is 0 Å². The Morgan fingerprint density at radius 2 is 1.78 bits per heavy atom. The molecular formula is C27H30N2O7. The number of carbonyl (C=O) groups is 3. The van der Waals surface area contributed by atoms with Crippen molar-refractivity contribution in [3.63, 3.8) is 0 Å². The van der Waals surface area contributed by atoms with E-state index in [1.807, 2.05) is 20.8 Å². The van der Waals surface area contributed by atoms with Gasteiger partial charge in [0.05, 0.1) is 16.8 Å². The van der Waals surface area contributed by atoms with Gasteiger partial charge in [0.25, 0.3) is 11.8 Å². The molecule has 1 atom stereocenters. The summed E-state index contributed by atoms with van der Waals surface area (Å²) in [6, 6.07) is 6.66. The van der Waals surface area contributed by atoms with Crippen molar-refractivity contribution < 1.29 is 33.4 Å². The summed E-state index contributed by atoms with van der Waals surface area (Å²) in [6.45, 7) is 7.56. The lowest BCUT2D eigenvalue weighted by Crippen LogP contribution is -2.33. The molecule has 190 valence electrons. The van der Waals surface area contributed by atoms with Crippen LogP contribution in [0.25, 0.3) is 6.08 Å². The summed E-state index contributed by atoms with van der Waals surface area (Å²) >= 11 is 0. The molecule has 2 aromatic carbocycles. The van der Waals surface area contributed by atoms with Crippen LogP contribution >= 0.6 is 0 Å². The van der Waals surface area contributed by atoms with E-state index in [2.05, 4.69) is 10.8 Å². The van der Waals surface area contributed by atoms with E-state index >= 15 is 0 Å². The summed E-state index contributed by atoms with van der Waals surface area (Å²) in [4.78, 5) is 42.9. The molecule has 0 aromatic heterocycles. The molecule has 0 radical (unpaired) electrons. The fraction of sp³-hybridized carbons (Fsp3) is 0.370. The topological polar surface area (TPSA) is 112 Å². The highest BCUT2D eigenvalue weighted by molar-refractivity contribution is 6.11. The number of hydroxylamine groups is 1. The van der Waals surface area contributed by atoms with Gasteiger partial charge >= 0.3 is 5.97 Å². The molecule has 1 fully saturated rings. The average molecular weight is 495 g/mol. The molecule has 2 aliphatic rings. The molecule has 0 spiro atoms. The average Bonchev–Trinajstić information content (AvgIpc) is 2.89. The first-order valence-electron chi connectivity index (χ1n) is 11.9. The summed E-state index contributed by atoms with van der Waals surface area (Å²) < 4.78 is 16.8. The number of benzene rings is 2. The van der Waals surface area contributed by atoms with Crippen molar-refractivity contribution in [3.8, 4) is 11.5 Å². The fourth-order valence-electron chi connectivity index (χ4n) is 4.24. The first-order chi connectivity index (χ1) is 17.3. The van der Waals surface area contributed by atoms with E-state index in [9.17, 15) is 14.4 Å². The van der Waals surface area contributed by atoms with Crippen LogP contribution in [0.5, 0.6) is 11.5 Å². The molecule has 1 unspecified atom stereocenters. The van der Waals surface area contributed by atoms with Gasteiger partial charge in [0.1, 0.15) is 18.1 Å². The number of nitrogens with one attached hydrogen (secondary N) is 2. The van der Waals surface area contributed by atoms with Crippen LogP contribution in [0.2, 0.25) is 0 Å². The zero-order valence-corrected chi connectivity index (χ0v) is 20.9. The molecule has 0 bridgehead atoms. The van der Waals surface area contributed by atoms with Crippen molar-refractivity contribution in [1.82, 2.24) is 5.48 Å². The minimum absolute atomic E-state index is 0.0575. The molecule has 0 aliphatic carbocycles. The Bertz CT molecular complexity index is 1230. The standard InChI is InChI=1S/C27H30N2O7/c1-15-16(2)25-21(17(3)24(15)35-18(4)30)13-19(14-34-25)26(31)28-22-10-6-5-9-20(22)27(32)29-36-23-11-7-8-12-33-23/h5-6,9-10,13,23H,7-8,11-12,14H2,1-4H3,(H,28,31)(H,29,32). The summed E-state index contributed by atoms with van der Waals surface area (Å²) in [5.41, 5.74) is 6.40. The number of carbonyl (C=O) groups excluding carboxylic acids is 3. The number of para-hydroxylation sites is 1. The highest BCUT2D eigenvalue weighted by Crippen LogP contribution is 2.41. The number of hydrogen-bond donors (Lipinski definition) is 2. The quantitative estimate of drug-likeness (QED) is 0.353. The van der Waals surface area contributed by atoms with Crippen LogP contribution in [0, 0.1) is 20.8 Å². The van der Waals surface area contributed by atoms with E-state index in [1.54, 1.807) is 30.3 Å². The molecule has 9 nitrogen and oxygen atoms in total. The van der Waals surface area contributed by atoms with Crippen LogP contribution in [0.3, 0.4) is 0 Å². The Labute approximate surface area is 209 Å². The highest BCUT2D eigenvalue weighted by atomic mass is 16.8. The zero-order valence-electron chi connectivity index (χ0n) is 20.9. The van der Waals surface area contributed by atoms with Gasteiger partial charge < -0.3 is 19.5 Å². The number of rotatable bonds is 6. The molecule has 2 amide bonds. The van der Waals surface area contributed by atoms with Crippen molar-refractivity contribution in [1.29, 1.82) is 0 Å². The number of fused-ring (bicyclic) bond motifs is 1. The predicted molar refractivity (Wildman–Crippen MR) is 133 cm³/mol. The molecule has 1 saturated heterocycles. The van der Waals surface area contributed by atoms with Crippen molar-refractivity contribution in [2.75, 3.05) is 18.5 Å². The Morgan fingerprint density at radius 3 is 2.50 bits per heavy atom. The summed E-state index contributed by atoms with van der Waals surface area (Å²) in [5, 5.41) is 2.80. The lowest BCUT2D eigenvalue weighted by Gasteiger charge is -2.24. The minimum atomic E-state index is -0.493. The molecule has 0 saturated carbocycles. The van der Waals surface area contributed by atoms with Crippen LogP contribution < -0.4 is 20.3 Å². The molecule has 4 rings (SSSR count). The molecule has 2 aliphatic heterocycles. The first-order valence-corrected chi connectivity index (χ1v) is 11.9. The van der Waals surface area contributed by atoms with E-state index in [-0.39, 0.29) is 12.2 Å². The molecule has 36 heavy (non-hydrogen) atoms. The van der Waals surface area contributed by atoms with Gasteiger partial charge in [0.15, 0.2) is 6.29 Å². The van der Waals surface area contributed by atoms with Crippen LogP contribution in [-0.4, -0.2) is 37.3 Å². The van der Waals surface area contributed by atoms with Crippen LogP contribution in [0.15, 0.2) is 29.8 Å². The Balaban J connectivity index is 1.53. The maximum atomic E-state index is 13.2. The largest absolute Gasteiger partial charge is 0.488 e. The van der Waals surface area contributed by atoms with Crippen molar-refractivity contribution in [3.05, 3.63) is 57.7 Å². The number of hydrogen-bond acceptors (Lipinski definition) is 7. The Kier molecular flexibility index (Phi) is 7.71. The molecule has 2 heterocycles. The zero-order chi connectivity index (χ0) is 25.8. The lowest BCUT2D eigenvalue weighted by molar-refractivity contribution is -0.186. The Morgan fingerprint density at radius 1 is 1.00 bits per heavy atom. The third-order valence-electron chi connectivity index (χ3n) is 6.30. The van der Waals surface area contributed by atoms with Crippen LogP contribution in [0.1, 0.15) is 58.8 Å². The van der Waals surface area contributed by atoms with Gasteiger partial charge in [0.2, 0.25) is 0 Å². The number of ether oxygens (including phenoxy) is 3. The first kappa shape index (κ1) is 25.4. The van der Waals surface area contributed by atoms with E-state index in [1.165, 1.54) is 6.92 Å². The van der Waals surface area contributed by atoms with Gasteiger partial charge in [-0.2, -0.15) is 0 Å². The second kappa shape index (κ2) is 10.9. The van der Waals surface area contributed by atoms with Crippen LogP contribution in [0.4, 0.5) is 5.69 Å². The van der Waals surface area contributed by atoms with E-state index in [0.717, 1.165) is 24.0 Å². The van der Waals surface area contributed by atoms with E-state index < -0.39 is 24.1 Å². The van der Waals surface area contributed by atoms with Gasteiger partial charge in [-0.25, -0.2) is 10.3 Å². The molecule has 9 heteroatoms. The second-order valence-electron chi connectivity index (χ2n) is 8.84. The highest BCUT2D eigenvalue weighted by Gasteiger charge is 2.26. The third kappa shape index (κ3) is 5.42. The van der Waals surface area contributed by atoms with Crippen molar-refractivity contribution in [2.45, 2.75) is 53.2 Å². The summed E-state index contributed by atoms with van der Waals surface area (Å²) in [6.07, 6.45) is 3.88. The molecule has 2 N–H and O–H groups in total. The molecule has 2 aromatic rings. The maximum Gasteiger partial charge on any atom is 0.308 e. The van der Waals surface area contributed by atoms with E-state index in [4.69, 9.17) is 19.0 Å². The normalized spacial score (nSPS) is 16.8. The second-order valence-corrected chi connectivity index (χ2v) is 8.84. The fourth-order valence-corrected chi connectivity index (χ4v) is 4.24. The van der Waals surface area contributed by atoms with E-state index in [0.29, 0.717) is 46.9 Å². The third-order valence-corrected chi connectivity index (χ3v) is 6.30. The summed E-state index contributed by atoms with van der Waals surface area (Å²) in [5.74, 6) is -0.215. The maximum absolute atomic E-state index is 13.2. The monoisotopic (exact) mass is 494 g/mol. The number of anilines is 1.